The molecule has 2 aromatic rings. The second-order valence-electron chi connectivity index (χ2n) is 8.86. The molecule has 2 unspecified atom stereocenters. The third-order valence-corrected chi connectivity index (χ3v) is 6.55. The Kier molecular flexibility index (Phi) is 5.49. The van der Waals surface area contributed by atoms with Crippen LogP contribution >= 0.6 is 24.8 Å². The van der Waals surface area contributed by atoms with Gasteiger partial charge in [0.25, 0.3) is 0 Å². The van der Waals surface area contributed by atoms with Crippen molar-refractivity contribution in [2.45, 2.75) is 44.9 Å². The summed E-state index contributed by atoms with van der Waals surface area (Å²) >= 11 is 0. The fourth-order valence-electron chi connectivity index (χ4n) is 5.35. The van der Waals surface area contributed by atoms with E-state index in [2.05, 4.69) is 101 Å². The first kappa shape index (κ1) is 21.7. The van der Waals surface area contributed by atoms with Crippen molar-refractivity contribution in [2.75, 3.05) is 0 Å². The molecule has 3 aliphatic rings. The molecule has 2 atom stereocenters. The molecule has 29 heavy (non-hydrogen) atoms. The molecule has 0 heterocycles. The quantitative estimate of drug-likeness (QED) is 0.397. The molecule has 0 saturated carbocycles. The van der Waals surface area contributed by atoms with Crippen molar-refractivity contribution < 1.29 is 0 Å². The molecular weight excluding hydrogens is 395 g/mol. The summed E-state index contributed by atoms with van der Waals surface area (Å²) in [7, 11) is 0. The third kappa shape index (κ3) is 3.23. The number of fused-ring (bicyclic) bond motifs is 3. The summed E-state index contributed by atoms with van der Waals surface area (Å²) < 4.78 is 0. The van der Waals surface area contributed by atoms with Crippen LogP contribution in [0.25, 0.3) is 11.1 Å². The van der Waals surface area contributed by atoms with E-state index in [1.165, 1.54) is 44.5 Å². The molecular formula is C27H28Cl2. The molecule has 0 amide bonds. The predicted molar refractivity (Wildman–Crippen MR) is 130 cm³/mol. The highest BCUT2D eigenvalue weighted by molar-refractivity contribution is 5.85. The average Bonchev–Trinajstić information content (AvgIpc) is 3.30. The lowest BCUT2D eigenvalue weighted by molar-refractivity contribution is 0.687. The van der Waals surface area contributed by atoms with E-state index in [0.29, 0.717) is 0 Å². The van der Waals surface area contributed by atoms with E-state index in [1.54, 1.807) is 0 Å². The Hall–Kier alpha value is -2.02. The Bertz CT molecular complexity index is 1100. The van der Waals surface area contributed by atoms with Gasteiger partial charge in [0.15, 0.2) is 0 Å². The molecule has 5 rings (SSSR count). The molecule has 0 saturated heterocycles. The zero-order chi connectivity index (χ0) is 18.8. The van der Waals surface area contributed by atoms with E-state index in [-0.39, 0.29) is 35.6 Å². The SMILES string of the molecule is CC1=CC(C)(c2ccc3c(c2C2(C)C=CC(C)=C2)Cc2ccccc2-3)C=C1.Cl.Cl. The highest BCUT2D eigenvalue weighted by atomic mass is 35.5. The normalized spacial score (nSPS) is 25.7. The second kappa shape index (κ2) is 7.35. The molecule has 0 N–H and O–H groups in total. The molecule has 0 aromatic heterocycles. The molecule has 2 aromatic carbocycles. The van der Waals surface area contributed by atoms with Crippen LogP contribution in [0.4, 0.5) is 0 Å². The monoisotopic (exact) mass is 422 g/mol. The fraction of sp³-hybridized carbons (Fsp3) is 0.259. The van der Waals surface area contributed by atoms with Gasteiger partial charge in [-0.05, 0) is 67.5 Å². The van der Waals surface area contributed by atoms with E-state index in [1.807, 2.05) is 0 Å². The number of hydrogen-bond donors (Lipinski definition) is 0. The van der Waals surface area contributed by atoms with Crippen molar-refractivity contribution in [3.8, 4) is 11.1 Å². The summed E-state index contributed by atoms with van der Waals surface area (Å²) in [6.07, 6.45) is 15.2. The summed E-state index contributed by atoms with van der Waals surface area (Å²) in [6, 6.07) is 13.6. The van der Waals surface area contributed by atoms with Gasteiger partial charge in [0.05, 0.1) is 0 Å². The molecule has 0 radical (unpaired) electrons. The highest BCUT2D eigenvalue weighted by Crippen LogP contribution is 2.49. The van der Waals surface area contributed by atoms with E-state index < -0.39 is 0 Å². The zero-order valence-corrected chi connectivity index (χ0v) is 19.1. The van der Waals surface area contributed by atoms with Gasteiger partial charge in [-0.1, -0.05) is 84.0 Å². The molecule has 0 bridgehead atoms. The lowest BCUT2D eigenvalue weighted by atomic mass is 9.70. The number of halogens is 2. The second-order valence-corrected chi connectivity index (χ2v) is 8.86. The highest BCUT2D eigenvalue weighted by Gasteiger charge is 2.38. The Morgan fingerprint density at radius 3 is 1.97 bits per heavy atom. The predicted octanol–water partition coefficient (Wildman–Crippen LogP) is 7.65. The van der Waals surface area contributed by atoms with E-state index in [9.17, 15) is 0 Å². The Labute approximate surface area is 186 Å². The van der Waals surface area contributed by atoms with Crippen LogP contribution in [-0.2, 0) is 17.3 Å². The van der Waals surface area contributed by atoms with E-state index in [0.717, 1.165) is 6.42 Å². The number of rotatable bonds is 2. The van der Waals surface area contributed by atoms with Gasteiger partial charge < -0.3 is 0 Å². The van der Waals surface area contributed by atoms with Crippen molar-refractivity contribution in [1.29, 1.82) is 0 Å². The first-order chi connectivity index (χ1) is 12.9. The molecule has 0 aliphatic heterocycles. The number of benzene rings is 2. The fourth-order valence-corrected chi connectivity index (χ4v) is 5.35. The van der Waals surface area contributed by atoms with Crippen LogP contribution in [0.1, 0.15) is 49.9 Å². The van der Waals surface area contributed by atoms with Crippen LogP contribution in [0.3, 0.4) is 0 Å². The van der Waals surface area contributed by atoms with E-state index >= 15 is 0 Å². The van der Waals surface area contributed by atoms with Gasteiger partial charge in [0.2, 0.25) is 0 Å². The lowest BCUT2D eigenvalue weighted by Crippen LogP contribution is -2.26. The van der Waals surface area contributed by atoms with Crippen molar-refractivity contribution in [2.24, 2.45) is 0 Å². The maximum atomic E-state index is 2.44. The van der Waals surface area contributed by atoms with Gasteiger partial charge in [-0.2, -0.15) is 0 Å². The van der Waals surface area contributed by atoms with Crippen LogP contribution in [-0.4, -0.2) is 0 Å². The third-order valence-electron chi connectivity index (χ3n) is 6.55. The molecule has 0 nitrogen and oxygen atoms in total. The minimum Gasteiger partial charge on any atom is -0.147 e. The van der Waals surface area contributed by atoms with Crippen LogP contribution in [0.15, 0.2) is 84.0 Å². The first-order valence-corrected chi connectivity index (χ1v) is 9.92. The summed E-state index contributed by atoms with van der Waals surface area (Å²) in [5.74, 6) is 0. The minimum absolute atomic E-state index is 0. The van der Waals surface area contributed by atoms with Crippen LogP contribution in [0, 0.1) is 0 Å². The van der Waals surface area contributed by atoms with Crippen LogP contribution < -0.4 is 0 Å². The minimum atomic E-state index is -0.0476. The molecule has 2 heteroatoms. The maximum Gasteiger partial charge on any atom is 0.0298 e. The summed E-state index contributed by atoms with van der Waals surface area (Å²) in [4.78, 5) is 0. The molecule has 150 valence electrons. The maximum absolute atomic E-state index is 2.44. The van der Waals surface area contributed by atoms with Gasteiger partial charge in [-0.3, -0.25) is 0 Å². The van der Waals surface area contributed by atoms with Crippen molar-refractivity contribution in [3.63, 3.8) is 0 Å². The Balaban J connectivity index is 0.00000120. The van der Waals surface area contributed by atoms with Gasteiger partial charge >= 0.3 is 0 Å². The lowest BCUT2D eigenvalue weighted by Gasteiger charge is -2.33. The van der Waals surface area contributed by atoms with Gasteiger partial charge in [0.1, 0.15) is 0 Å². The van der Waals surface area contributed by atoms with Gasteiger partial charge in [-0.25, -0.2) is 0 Å². The summed E-state index contributed by atoms with van der Waals surface area (Å²) in [5.41, 5.74) is 11.4. The molecule has 0 spiro atoms. The zero-order valence-electron chi connectivity index (χ0n) is 17.5. The van der Waals surface area contributed by atoms with Gasteiger partial charge in [0, 0.05) is 10.8 Å². The molecule has 3 aliphatic carbocycles. The van der Waals surface area contributed by atoms with Crippen molar-refractivity contribution in [1.82, 2.24) is 0 Å². The smallest absolute Gasteiger partial charge is 0.0298 e. The first-order valence-electron chi connectivity index (χ1n) is 9.92. The van der Waals surface area contributed by atoms with Crippen molar-refractivity contribution in [3.05, 3.63) is 106 Å². The van der Waals surface area contributed by atoms with Crippen LogP contribution in [0.2, 0.25) is 0 Å². The number of allylic oxidation sites excluding steroid dienone is 8. The van der Waals surface area contributed by atoms with Gasteiger partial charge in [-0.15, -0.1) is 24.8 Å². The summed E-state index contributed by atoms with van der Waals surface area (Å²) in [6.45, 7) is 9.14. The molecule has 0 fully saturated rings. The Morgan fingerprint density at radius 2 is 1.34 bits per heavy atom. The van der Waals surface area contributed by atoms with E-state index in [4.69, 9.17) is 0 Å². The standard InChI is InChI=1S/C27H26.2ClH/c1-18-11-13-26(3,16-18)24-10-9-22-21-8-6-5-7-20(21)15-23(22)25(24)27(4)14-12-19(2)17-27;;/h5-14,16-17H,15H2,1-4H3;2*1H. The Morgan fingerprint density at radius 1 is 0.724 bits per heavy atom. The number of hydrogen-bond acceptors (Lipinski definition) is 0. The average molecular weight is 423 g/mol. The topological polar surface area (TPSA) is 0 Å². The largest absolute Gasteiger partial charge is 0.147 e. The van der Waals surface area contributed by atoms with Crippen molar-refractivity contribution >= 4 is 24.8 Å². The van der Waals surface area contributed by atoms with Crippen LogP contribution in [0.5, 0.6) is 0 Å². The summed E-state index contributed by atoms with van der Waals surface area (Å²) in [5, 5.41) is 0.